The maximum Gasteiger partial charge on any atom is 0.261 e. The third-order valence-corrected chi connectivity index (χ3v) is 7.89. The normalized spacial score (nSPS) is 20.2. The molecule has 1 unspecified atom stereocenters. The van der Waals surface area contributed by atoms with Crippen molar-refractivity contribution in [3.63, 3.8) is 0 Å². The number of carbonyl (C=O) groups is 1. The van der Waals surface area contributed by atoms with E-state index in [1.54, 1.807) is 14.1 Å². The number of nitriles is 1. The molecule has 2 aromatic rings. The Morgan fingerprint density at radius 1 is 1.30 bits per heavy atom. The van der Waals surface area contributed by atoms with Gasteiger partial charge < -0.3 is 10.6 Å². The third kappa shape index (κ3) is 5.76. The summed E-state index contributed by atoms with van der Waals surface area (Å²) in [5, 5.41) is 23.9. The van der Waals surface area contributed by atoms with Gasteiger partial charge in [0.15, 0.2) is 6.19 Å². The Morgan fingerprint density at radius 2 is 2.05 bits per heavy atom. The van der Waals surface area contributed by atoms with Crippen LogP contribution in [-0.4, -0.2) is 48.6 Å². The van der Waals surface area contributed by atoms with Gasteiger partial charge >= 0.3 is 0 Å². The summed E-state index contributed by atoms with van der Waals surface area (Å²) in [5.74, 6) is -0.844. The molecule has 1 fully saturated rings. The van der Waals surface area contributed by atoms with E-state index in [9.17, 15) is 13.6 Å². The predicted octanol–water partition coefficient (Wildman–Crippen LogP) is 3.48. The third-order valence-electron chi connectivity index (χ3n) is 6.44. The minimum atomic E-state index is -0.982. The van der Waals surface area contributed by atoms with E-state index in [1.807, 2.05) is 36.5 Å². The lowest BCUT2D eigenvalue weighted by molar-refractivity contribution is -0.137. The predicted molar refractivity (Wildman–Crippen MR) is 140 cm³/mol. The lowest BCUT2D eigenvalue weighted by atomic mass is 9.99. The van der Waals surface area contributed by atoms with Crippen molar-refractivity contribution in [2.75, 3.05) is 20.6 Å². The van der Waals surface area contributed by atoms with Gasteiger partial charge in [0, 0.05) is 19.2 Å². The first kappa shape index (κ1) is 26.6. The smallest absolute Gasteiger partial charge is 0.261 e. The number of aliphatic imine (C=N–C) groups is 1. The molecule has 194 valence electrons. The van der Waals surface area contributed by atoms with Gasteiger partial charge in [0.05, 0.1) is 6.04 Å². The highest BCUT2D eigenvalue weighted by atomic mass is 32.2. The molecular weight excluding hydrogens is 496 g/mol. The number of carbonyl (C=O) groups excluding carboxylic acids is 1. The molecule has 2 aliphatic rings. The Hall–Kier alpha value is -3.49. The molecule has 0 saturated heterocycles. The summed E-state index contributed by atoms with van der Waals surface area (Å²) in [6, 6.07) is 12.3. The van der Waals surface area contributed by atoms with Crippen LogP contribution in [0.3, 0.4) is 0 Å². The minimum Gasteiger partial charge on any atom is -0.356 e. The van der Waals surface area contributed by atoms with Crippen LogP contribution in [0.25, 0.3) is 0 Å². The average molecular weight is 526 g/mol. The molecule has 1 amide bonds. The van der Waals surface area contributed by atoms with Gasteiger partial charge in [0.2, 0.25) is 5.96 Å². The second kappa shape index (κ2) is 11.7. The Labute approximate surface area is 219 Å². The Morgan fingerprint density at radius 3 is 2.70 bits per heavy atom. The molecule has 0 aromatic heterocycles. The number of nitrogens with zero attached hydrogens (tertiary/aromatic N) is 4. The molecule has 1 heterocycles. The van der Waals surface area contributed by atoms with Crippen molar-refractivity contribution in [1.82, 2.24) is 21.0 Å². The monoisotopic (exact) mass is 525 g/mol. The molecule has 0 spiro atoms. The van der Waals surface area contributed by atoms with E-state index in [-0.39, 0.29) is 22.4 Å². The molecule has 8 nitrogen and oxygen atoms in total. The van der Waals surface area contributed by atoms with Crippen LogP contribution < -0.4 is 16.0 Å². The summed E-state index contributed by atoms with van der Waals surface area (Å²) in [5.41, 5.74) is 0.846. The zero-order chi connectivity index (χ0) is 26.4. The highest BCUT2D eigenvalue weighted by molar-refractivity contribution is 8.15. The number of benzene rings is 2. The maximum atomic E-state index is 14.8. The number of nitrogens with one attached hydrogen (secondary N) is 3. The number of rotatable bonds is 9. The Kier molecular flexibility index (Phi) is 8.41. The largest absolute Gasteiger partial charge is 0.356 e. The number of guanidine groups is 1. The van der Waals surface area contributed by atoms with E-state index in [2.05, 4.69) is 26.0 Å². The molecule has 1 aliphatic heterocycles. The standard InChI is InChI=1S/C26H29F2N7OS/c1-30-22(17-9-10-17)24(36)35-26(18-7-4-3-5-8-18,13-6-14-32-25(31-2)33-16-29)37-23(34-35)20-15-19(27)11-12-21(20)28/h3-5,7-8,11-12,15,17,22,30H,6,9-10,13-14H2,1-2H3,(H2,31,32,33)/t22-,26?/m0/s1. The fourth-order valence-electron chi connectivity index (χ4n) is 4.46. The second-order valence-electron chi connectivity index (χ2n) is 8.87. The molecule has 11 heteroatoms. The summed E-state index contributed by atoms with van der Waals surface area (Å²) in [6.07, 6.45) is 4.75. The summed E-state index contributed by atoms with van der Waals surface area (Å²) in [7, 11) is 3.32. The highest BCUT2D eigenvalue weighted by Gasteiger charge is 2.51. The summed E-state index contributed by atoms with van der Waals surface area (Å²) in [6.45, 7) is 0.459. The summed E-state index contributed by atoms with van der Waals surface area (Å²) < 4.78 is 29.0. The van der Waals surface area contributed by atoms with Crippen molar-refractivity contribution in [1.29, 1.82) is 5.26 Å². The molecule has 3 N–H and O–H groups in total. The van der Waals surface area contributed by atoms with Crippen LogP contribution in [0.1, 0.15) is 36.8 Å². The van der Waals surface area contributed by atoms with Gasteiger partial charge in [-0.3, -0.25) is 15.1 Å². The van der Waals surface area contributed by atoms with Gasteiger partial charge in [-0.15, -0.1) is 0 Å². The quantitative estimate of drug-likeness (QED) is 0.152. The first-order valence-electron chi connectivity index (χ1n) is 12.1. The number of likely N-dealkylation sites (N-methyl/N-ethyl adjacent to an activating group) is 1. The number of hydrazone groups is 1. The van der Waals surface area contributed by atoms with E-state index in [1.165, 1.54) is 16.8 Å². The molecule has 1 saturated carbocycles. The van der Waals surface area contributed by atoms with Gasteiger partial charge in [-0.05, 0) is 62.4 Å². The molecular formula is C26H29F2N7OS. The van der Waals surface area contributed by atoms with Crippen LogP contribution in [0.4, 0.5) is 8.78 Å². The highest BCUT2D eigenvalue weighted by Crippen LogP contribution is 2.51. The van der Waals surface area contributed by atoms with E-state index >= 15 is 0 Å². The zero-order valence-electron chi connectivity index (χ0n) is 20.7. The summed E-state index contributed by atoms with van der Waals surface area (Å²) >= 11 is 1.25. The zero-order valence-corrected chi connectivity index (χ0v) is 21.5. The maximum absolute atomic E-state index is 14.8. The number of thioether (sulfide) groups is 1. The minimum absolute atomic E-state index is 0.0183. The SMILES string of the molecule is CN=C(NC#N)NCCCC1(c2ccccc2)SC(c2cc(F)ccc2F)=NN1C(=O)[C@@H](NC)C1CC1. The van der Waals surface area contributed by atoms with Crippen LogP contribution in [0.15, 0.2) is 58.6 Å². The van der Waals surface area contributed by atoms with Gasteiger partial charge in [-0.2, -0.15) is 10.4 Å². The van der Waals surface area contributed by atoms with Crippen LogP contribution in [0.2, 0.25) is 0 Å². The topological polar surface area (TPSA) is 105 Å². The van der Waals surface area contributed by atoms with Crippen molar-refractivity contribution in [2.45, 2.75) is 36.6 Å². The molecule has 0 bridgehead atoms. The van der Waals surface area contributed by atoms with Crippen molar-refractivity contribution in [2.24, 2.45) is 16.0 Å². The molecule has 2 aromatic carbocycles. The molecule has 1 aliphatic carbocycles. The fraction of sp³-hybridized carbons (Fsp3) is 0.385. The number of hydrogen-bond acceptors (Lipinski definition) is 6. The first-order valence-corrected chi connectivity index (χ1v) is 12.9. The number of halogens is 2. The van der Waals surface area contributed by atoms with Crippen molar-refractivity contribution >= 4 is 28.7 Å². The lowest BCUT2D eigenvalue weighted by Crippen LogP contribution is -2.50. The first-order chi connectivity index (χ1) is 17.9. The average Bonchev–Trinajstić information content (AvgIpc) is 3.67. The second-order valence-corrected chi connectivity index (χ2v) is 10.1. The molecule has 37 heavy (non-hydrogen) atoms. The van der Waals surface area contributed by atoms with Crippen LogP contribution in [-0.2, 0) is 9.67 Å². The van der Waals surface area contributed by atoms with Gasteiger partial charge in [0.25, 0.3) is 5.91 Å². The number of hydrogen-bond donors (Lipinski definition) is 3. The van der Waals surface area contributed by atoms with Crippen molar-refractivity contribution < 1.29 is 13.6 Å². The molecule has 0 radical (unpaired) electrons. The van der Waals surface area contributed by atoms with Gasteiger partial charge in [-0.25, -0.2) is 13.8 Å². The number of amides is 1. The van der Waals surface area contributed by atoms with Crippen LogP contribution in [0.5, 0.6) is 0 Å². The van der Waals surface area contributed by atoms with E-state index in [4.69, 9.17) is 5.26 Å². The van der Waals surface area contributed by atoms with Crippen molar-refractivity contribution in [3.05, 3.63) is 71.3 Å². The fourth-order valence-corrected chi connectivity index (χ4v) is 5.89. The van der Waals surface area contributed by atoms with Gasteiger partial charge in [0.1, 0.15) is 21.5 Å². The van der Waals surface area contributed by atoms with Gasteiger partial charge in [-0.1, -0.05) is 42.1 Å². The Balaban J connectivity index is 1.72. The Bertz CT molecular complexity index is 1230. The van der Waals surface area contributed by atoms with Crippen LogP contribution >= 0.6 is 11.8 Å². The van der Waals surface area contributed by atoms with E-state index < -0.39 is 22.5 Å². The van der Waals surface area contributed by atoms with E-state index in [0.717, 1.165) is 36.6 Å². The molecule has 2 atom stereocenters. The summed E-state index contributed by atoms with van der Waals surface area (Å²) in [4.78, 5) is 17.0. The lowest BCUT2D eigenvalue weighted by Gasteiger charge is -2.37. The van der Waals surface area contributed by atoms with Crippen LogP contribution in [0, 0.1) is 29.0 Å². The molecule has 4 rings (SSSR count). The van der Waals surface area contributed by atoms with Crippen molar-refractivity contribution in [3.8, 4) is 6.19 Å². The van der Waals surface area contributed by atoms with E-state index in [0.29, 0.717) is 25.3 Å².